The molecule has 1 aliphatic rings. The molecule has 0 heterocycles. The van der Waals surface area contributed by atoms with Crippen LogP contribution in [0.15, 0.2) is 0 Å². The molecule has 1 fully saturated rings. The smallest absolute Gasteiger partial charge is 0.00893 e. The maximum atomic E-state index is 2.39. The van der Waals surface area contributed by atoms with Gasteiger partial charge in [-0.25, -0.2) is 0 Å². The second-order valence-corrected chi connectivity index (χ2v) is 4.43. The molecule has 0 radical (unpaired) electrons. The zero-order valence-corrected chi connectivity index (χ0v) is 10.8. The lowest BCUT2D eigenvalue weighted by Crippen LogP contribution is -2.32. The van der Waals surface area contributed by atoms with Crippen molar-refractivity contribution in [2.24, 2.45) is 5.92 Å². The second kappa shape index (κ2) is 8.28. The van der Waals surface area contributed by atoms with E-state index in [1.54, 1.807) is 0 Å². The summed E-state index contributed by atoms with van der Waals surface area (Å²) in [7, 11) is 4.43. The fourth-order valence-electron chi connectivity index (χ4n) is 2.36. The van der Waals surface area contributed by atoms with Gasteiger partial charge in [0.1, 0.15) is 0 Å². The summed E-state index contributed by atoms with van der Waals surface area (Å²) in [4.78, 5) is 2.39. The van der Waals surface area contributed by atoms with Crippen molar-refractivity contribution in [2.75, 3.05) is 14.1 Å². The third kappa shape index (κ3) is 4.99. The molecule has 1 aliphatic carbocycles. The van der Waals surface area contributed by atoms with Crippen LogP contribution in [0, 0.1) is 5.92 Å². The van der Waals surface area contributed by atoms with Crippen LogP contribution in [-0.2, 0) is 0 Å². The summed E-state index contributed by atoms with van der Waals surface area (Å²) in [5, 5.41) is 0. The first-order valence-electron chi connectivity index (χ1n) is 6.40. The molecule has 0 aromatic rings. The van der Waals surface area contributed by atoms with E-state index in [0.29, 0.717) is 0 Å². The normalized spacial score (nSPS) is 27.0. The van der Waals surface area contributed by atoms with E-state index in [1.165, 1.54) is 38.5 Å². The standard InChI is InChI=1S/C11H23N.C2H6/c1-4-5-10-6-8-11(9-7-10)12(2)3;1-2/h10-11H,4-9H2,1-3H3;1-2H3. The third-order valence-electron chi connectivity index (χ3n) is 3.24. The highest BCUT2D eigenvalue weighted by Crippen LogP contribution is 2.29. The largest absolute Gasteiger partial charge is 0.306 e. The van der Waals surface area contributed by atoms with Crippen LogP contribution in [0.5, 0.6) is 0 Å². The topological polar surface area (TPSA) is 3.24 Å². The highest BCUT2D eigenvalue weighted by molar-refractivity contribution is 4.76. The Morgan fingerprint density at radius 2 is 1.50 bits per heavy atom. The van der Waals surface area contributed by atoms with Gasteiger partial charge in [0.2, 0.25) is 0 Å². The summed E-state index contributed by atoms with van der Waals surface area (Å²) in [6.07, 6.45) is 8.63. The first kappa shape index (κ1) is 14.0. The summed E-state index contributed by atoms with van der Waals surface area (Å²) in [6.45, 7) is 6.30. The number of hydrogen-bond donors (Lipinski definition) is 0. The minimum Gasteiger partial charge on any atom is -0.306 e. The van der Waals surface area contributed by atoms with Gasteiger partial charge in [-0.15, -0.1) is 0 Å². The molecular weight excluding hydrogens is 170 g/mol. The van der Waals surface area contributed by atoms with E-state index in [4.69, 9.17) is 0 Å². The summed E-state index contributed by atoms with van der Waals surface area (Å²) in [6, 6.07) is 0.873. The molecule has 0 atom stereocenters. The van der Waals surface area contributed by atoms with E-state index in [-0.39, 0.29) is 0 Å². The molecular formula is C13H29N. The highest BCUT2D eigenvalue weighted by Gasteiger charge is 2.21. The van der Waals surface area contributed by atoms with Crippen molar-refractivity contribution in [3.05, 3.63) is 0 Å². The van der Waals surface area contributed by atoms with Gasteiger partial charge in [-0.2, -0.15) is 0 Å². The minimum absolute atomic E-state index is 0.873. The van der Waals surface area contributed by atoms with Gasteiger partial charge >= 0.3 is 0 Å². The van der Waals surface area contributed by atoms with Crippen molar-refractivity contribution in [3.8, 4) is 0 Å². The Kier molecular flexibility index (Phi) is 8.26. The van der Waals surface area contributed by atoms with Gasteiger partial charge in [-0.05, 0) is 45.7 Å². The number of nitrogens with zero attached hydrogens (tertiary/aromatic N) is 1. The molecule has 0 unspecified atom stereocenters. The average molecular weight is 199 g/mol. The Balaban J connectivity index is 0.000000791. The fourth-order valence-corrected chi connectivity index (χ4v) is 2.36. The molecule has 0 spiro atoms. The SMILES string of the molecule is CC.CCCC1CCC(N(C)C)CC1. The van der Waals surface area contributed by atoms with Gasteiger partial charge in [-0.3, -0.25) is 0 Å². The molecule has 1 saturated carbocycles. The van der Waals surface area contributed by atoms with Crippen LogP contribution in [0.3, 0.4) is 0 Å². The number of hydrogen-bond acceptors (Lipinski definition) is 1. The van der Waals surface area contributed by atoms with Gasteiger partial charge in [-0.1, -0.05) is 33.6 Å². The van der Waals surface area contributed by atoms with Gasteiger partial charge in [0.25, 0.3) is 0 Å². The van der Waals surface area contributed by atoms with Crippen LogP contribution in [0.4, 0.5) is 0 Å². The van der Waals surface area contributed by atoms with Gasteiger partial charge in [0.15, 0.2) is 0 Å². The molecule has 1 nitrogen and oxygen atoms in total. The monoisotopic (exact) mass is 199 g/mol. The first-order valence-corrected chi connectivity index (χ1v) is 6.40. The van der Waals surface area contributed by atoms with Crippen molar-refractivity contribution in [3.63, 3.8) is 0 Å². The molecule has 86 valence electrons. The van der Waals surface area contributed by atoms with Gasteiger partial charge in [0.05, 0.1) is 0 Å². The summed E-state index contributed by atoms with van der Waals surface area (Å²) in [5.74, 6) is 1.05. The molecule has 0 bridgehead atoms. The summed E-state index contributed by atoms with van der Waals surface area (Å²) >= 11 is 0. The molecule has 0 aromatic carbocycles. The van der Waals surface area contributed by atoms with Crippen LogP contribution in [0.1, 0.15) is 59.3 Å². The molecule has 0 N–H and O–H groups in total. The van der Waals surface area contributed by atoms with E-state index in [1.807, 2.05) is 13.8 Å². The van der Waals surface area contributed by atoms with Crippen LogP contribution in [0.2, 0.25) is 0 Å². The Bertz CT molecular complexity index is 112. The Morgan fingerprint density at radius 1 is 1.00 bits per heavy atom. The average Bonchev–Trinajstić information content (AvgIpc) is 2.22. The predicted octanol–water partition coefficient (Wildman–Crippen LogP) is 3.93. The second-order valence-electron chi connectivity index (χ2n) is 4.43. The quantitative estimate of drug-likeness (QED) is 0.665. The van der Waals surface area contributed by atoms with Crippen LogP contribution in [-0.4, -0.2) is 25.0 Å². The van der Waals surface area contributed by atoms with Crippen LogP contribution in [0.25, 0.3) is 0 Å². The molecule has 14 heavy (non-hydrogen) atoms. The van der Waals surface area contributed by atoms with Crippen molar-refractivity contribution in [1.29, 1.82) is 0 Å². The lowest BCUT2D eigenvalue weighted by atomic mass is 9.83. The minimum atomic E-state index is 0.873. The first-order chi connectivity index (χ1) is 6.74. The lowest BCUT2D eigenvalue weighted by molar-refractivity contribution is 0.188. The zero-order chi connectivity index (χ0) is 11.0. The zero-order valence-electron chi connectivity index (χ0n) is 10.8. The maximum absolute atomic E-state index is 2.39. The molecule has 1 rings (SSSR count). The Labute approximate surface area is 90.9 Å². The highest BCUT2D eigenvalue weighted by atomic mass is 15.1. The van der Waals surface area contributed by atoms with Crippen molar-refractivity contribution < 1.29 is 0 Å². The molecule has 0 aromatic heterocycles. The van der Waals surface area contributed by atoms with E-state index in [0.717, 1.165) is 12.0 Å². The van der Waals surface area contributed by atoms with E-state index < -0.39 is 0 Å². The van der Waals surface area contributed by atoms with E-state index >= 15 is 0 Å². The van der Waals surface area contributed by atoms with Crippen molar-refractivity contribution in [2.45, 2.75) is 65.3 Å². The van der Waals surface area contributed by atoms with Gasteiger partial charge in [0, 0.05) is 6.04 Å². The van der Waals surface area contributed by atoms with Crippen LogP contribution < -0.4 is 0 Å². The lowest BCUT2D eigenvalue weighted by Gasteiger charge is -2.32. The molecule has 0 aliphatic heterocycles. The predicted molar refractivity (Wildman–Crippen MR) is 65.7 cm³/mol. The third-order valence-corrected chi connectivity index (χ3v) is 3.24. The van der Waals surface area contributed by atoms with Gasteiger partial charge < -0.3 is 4.90 Å². The molecule has 0 amide bonds. The summed E-state index contributed by atoms with van der Waals surface area (Å²) in [5.41, 5.74) is 0. The molecule has 0 saturated heterocycles. The Morgan fingerprint density at radius 3 is 1.86 bits per heavy atom. The van der Waals surface area contributed by atoms with Crippen molar-refractivity contribution in [1.82, 2.24) is 4.90 Å². The van der Waals surface area contributed by atoms with E-state index in [9.17, 15) is 0 Å². The fraction of sp³-hybridized carbons (Fsp3) is 1.00. The summed E-state index contributed by atoms with van der Waals surface area (Å²) < 4.78 is 0. The Hall–Kier alpha value is -0.0400. The number of rotatable bonds is 3. The van der Waals surface area contributed by atoms with E-state index in [2.05, 4.69) is 25.9 Å². The maximum Gasteiger partial charge on any atom is 0.00893 e. The molecule has 1 heteroatoms. The van der Waals surface area contributed by atoms with Crippen LogP contribution >= 0.6 is 0 Å². The van der Waals surface area contributed by atoms with Crippen molar-refractivity contribution >= 4 is 0 Å².